The van der Waals surface area contributed by atoms with Gasteiger partial charge in [0.1, 0.15) is 0 Å². The number of nitrogens with zero attached hydrogens (tertiary/aromatic N) is 1. The first-order valence-corrected chi connectivity index (χ1v) is 6.65. The average molecular weight is 266 g/mol. The molecule has 0 spiro atoms. The maximum absolute atomic E-state index is 12.4. The van der Waals surface area contributed by atoms with E-state index in [-0.39, 0.29) is 12.6 Å². The van der Waals surface area contributed by atoms with Crippen LogP contribution in [0.25, 0.3) is 0 Å². The van der Waals surface area contributed by atoms with Crippen molar-refractivity contribution in [2.75, 3.05) is 26.2 Å². The number of rotatable bonds is 6. The molecule has 1 saturated carbocycles. The molecule has 0 radical (unpaired) electrons. The fraction of sp³-hybridized carbons (Fsp3) is 1.00. The second-order valence-corrected chi connectivity index (χ2v) is 5.51. The summed E-state index contributed by atoms with van der Waals surface area (Å²) in [7, 11) is 0. The van der Waals surface area contributed by atoms with Gasteiger partial charge in [0, 0.05) is 25.7 Å². The van der Waals surface area contributed by atoms with Crippen LogP contribution in [0.2, 0.25) is 0 Å². The predicted octanol–water partition coefficient (Wildman–Crippen LogP) is 1.37. The summed E-state index contributed by atoms with van der Waals surface area (Å²) in [6.45, 7) is 1.96. The Bertz CT molecular complexity index is 263. The van der Waals surface area contributed by atoms with Crippen molar-refractivity contribution in [1.82, 2.24) is 10.2 Å². The summed E-state index contributed by atoms with van der Waals surface area (Å²) in [4.78, 5) is 1.78. The molecule has 2 rings (SSSR count). The van der Waals surface area contributed by atoms with Crippen molar-refractivity contribution >= 4 is 0 Å². The Hall–Kier alpha value is -0.330. The van der Waals surface area contributed by atoms with Crippen LogP contribution in [0.15, 0.2) is 0 Å². The smallest absolute Gasteiger partial charge is 0.382 e. The van der Waals surface area contributed by atoms with Crippen molar-refractivity contribution in [1.29, 1.82) is 0 Å². The molecule has 106 valence electrons. The van der Waals surface area contributed by atoms with Crippen molar-refractivity contribution in [2.45, 2.75) is 44.0 Å². The Balaban J connectivity index is 1.82. The summed E-state index contributed by atoms with van der Waals surface area (Å²) >= 11 is 0. The largest absolute Gasteiger partial charge is 0.415 e. The maximum Gasteiger partial charge on any atom is 0.415 e. The van der Waals surface area contributed by atoms with Gasteiger partial charge < -0.3 is 10.4 Å². The standard InChI is InChI=1S/C12H21F3N2O/c13-12(14,15)11(18)8-17(6-9-3-4-9)7-10-2-1-5-16-10/h9-11,16,18H,1-8H2. The minimum absolute atomic E-state index is 0.282. The first-order valence-electron chi connectivity index (χ1n) is 6.65. The highest BCUT2D eigenvalue weighted by molar-refractivity contribution is 4.84. The minimum Gasteiger partial charge on any atom is -0.382 e. The van der Waals surface area contributed by atoms with Crippen LogP contribution in [-0.2, 0) is 0 Å². The summed E-state index contributed by atoms with van der Waals surface area (Å²) in [5.41, 5.74) is 0. The second-order valence-electron chi connectivity index (χ2n) is 5.51. The van der Waals surface area contributed by atoms with Crippen LogP contribution in [0.5, 0.6) is 0 Å². The Morgan fingerprint density at radius 2 is 1.94 bits per heavy atom. The van der Waals surface area contributed by atoms with E-state index in [0.717, 1.165) is 32.2 Å². The van der Waals surface area contributed by atoms with Crippen LogP contribution >= 0.6 is 0 Å². The van der Waals surface area contributed by atoms with Crippen LogP contribution in [0.3, 0.4) is 0 Å². The van der Waals surface area contributed by atoms with Gasteiger partial charge in [-0.3, -0.25) is 4.90 Å². The van der Waals surface area contributed by atoms with Crippen molar-refractivity contribution in [3.63, 3.8) is 0 Å². The SMILES string of the molecule is OC(CN(CC1CC1)CC1CCCN1)C(F)(F)F. The maximum atomic E-state index is 12.4. The highest BCUT2D eigenvalue weighted by Gasteiger charge is 2.40. The van der Waals surface area contributed by atoms with E-state index in [0.29, 0.717) is 19.0 Å². The van der Waals surface area contributed by atoms with Gasteiger partial charge in [0.05, 0.1) is 0 Å². The molecule has 18 heavy (non-hydrogen) atoms. The average Bonchev–Trinajstić information content (AvgIpc) is 2.91. The molecule has 0 bridgehead atoms. The first kappa shape index (κ1) is 14.1. The molecule has 0 amide bonds. The highest BCUT2D eigenvalue weighted by Crippen LogP contribution is 2.30. The van der Waals surface area contributed by atoms with E-state index < -0.39 is 12.3 Å². The lowest BCUT2D eigenvalue weighted by atomic mass is 10.2. The molecule has 1 aliphatic heterocycles. The topological polar surface area (TPSA) is 35.5 Å². The summed E-state index contributed by atoms with van der Waals surface area (Å²) in [5, 5.41) is 12.5. The van der Waals surface area contributed by atoms with Gasteiger partial charge in [-0.25, -0.2) is 0 Å². The molecule has 2 N–H and O–H groups in total. The van der Waals surface area contributed by atoms with Gasteiger partial charge in [0.15, 0.2) is 6.10 Å². The molecular formula is C12H21F3N2O. The van der Waals surface area contributed by atoms with Crippen molar-refractivity contribution in [3.05, 3.63) is 0 Å². The van der Waals surface area contributed by atoms with Crippen LogP contribution in [0, 0.1) is 5.92 Å². The molecule has 3 nitrogen and oxygen atoms in total. The molecule has 2 atom stereocenters. The van der Waals surface area contributed by atoms with Gasteiger partial charge in [0.25, 0.3) is 0 Å². The summed E-state index contributed by atoms with van der Waals surface area (Å²) in [6, 6.07) is 0.282. The zero-order valence-electron chi connectivity index (χ0n) is 10.4. The molecular weight excluding hydrogens is 245 g/mol. The number of hydrogen-bond acceptors (Lipinski definition) is 3. The molecule has 2 fully saturated rings. The van der Waals surface area contributed by atoms with Gasteiger partial charge in [-0.2, -0.15) is 13.2 Å². The van der Waals surface area contributed by atoms with E-state index in [4.69, 9.17) is 0 Å². The van der Waals surface area contributed by atoms with Crippen LogP contribution in [0.4, 0.5) is 13.2 Å². The van der Waals surface area contributed by atoms with Gasteiger partial charge >= 0.3 is 6.18 Å². The lowest BCUT2D eigenvalue weighted by Crippen LogP contribution is -2.46. The van der Waals surface area contributed by atoms with Crippen molar-refractivity contribution in [3.8, 4) is 0 Å². The summed E-state index contributed by atoms with van der Waals surface area (Å²) < 4.78 is 37.2. The number of aliphatic hydroxyl groups is 1. The molecule has 0 aromatic rings. The quantitative estimate of drug-likeness (QED) is 0.762. The molecule has 0 aromatic heterocycles. The summed E-state index contributed by atoms with van der Waals surface area (Å²) in [5.74, 6) is 0.534. The zero-order chi connectivity index (χ0) is 13.2. The number of hydrogen-bond donors (Lipinski definition) is 2. The third kappa shape index (κ3) is 4.40. The van der Waals surface area contributed by atoms with Crippen LogP contribution in [-0.4, -0.2) is 54.5 Å². The first-order chi connectivity index (χ1) is 8.45. The van der Waals surface area contributed by atoms with E-state index in [9.17, 15) is 18.3 Å². The van der Waals surface area contributed by atoms with E-state index in [1.165, 1.54) is 0 Å². The van der Waals surface area contributed by atoms with Crippen LogP contribution < -0.4 is 5.32 Å². The number of alkyl halides is 3. The van der Waals surface area contributed by atoms with E-state index in [1.807, 2.05) is 0 Å². The summed E-state index contributed by atoms with van der Waals surface area (Å²) in [6.07, 6.45) is -2.41. The van der Waals surface area contributed by atoms with Gasteiger partial charge in [-0.1, -0.05) is 0 Å². The van der Waals surface area contributed by atoms with Gasteiger partial charge in [-0.15, -0.1) is 0 Å². The van der Waals surface area contributed by atoms with E-state index in [2.05, 4.69) is 5.32 Å². The number of aliphatic hydroxyl groups excluding tert-OH is 1. The zero-order valence-corrected chi connectivity index (χ0v) is 10.4. The molecule has 1 saturated heterocycles. The third-order valence-electron chi connectivity index (χ3n) is 3.66. The molecule has 2 unspecified atom stereocenters. The normalized spacial score (nSPS) is 26.8. The fourth-order valence-electron chi connectivity index (χ4n) is 2.46. The molecule has 6 heteroatoms. The van der Waals surface area contributed by atoms with Gasteiger partial charge in [0.2, 0.25) is 0 Å². The highest BCUT2D eigenvalue weighted by atomic mass is 19.4. The molecule has 1 aliphatic carbocycles. The monoisotopic (exact) mass is 266 g/mol. The third-order valence-corrected chi connectivity index (χ3v) is 3.66. The Labute approximate surface area is 105 Å². The Morgan fingerprint density at radius 3 is 2.44 bits per heavy atom. The lowest BCUT2D eigenvalue weighted by Gasteiger charge is -2.28. The van der Waals surface area contributed by atoms with E-state index in [1.54, 1.807) is 4.90 Å². The molecule has 0 aromatic carbocycles. The van der Waals surface area contributed by atoms with Crippen LogP contribution in [0.1, 0.15) is 25.7 Å². The van der Waals surface area contributed by atoms with Crippen molar-refractivity contribution in [2.24, 2.45) is 5.92 Å². The molecule has 2 aliphatic rings. The van der Waals surface area contributed by atoms with Crippen molar-refractivity contribution < 1.29 is 18.3 Å². The van der Waals surface area contributed by atoms with Gasteiger partial charge in [-0.05, 0) is 38.1 Å². The Morgan fingerprint density at radius 1 is 1.22 bits per heavy atom. The van der Waals surface area contributed by atoms with E-state index >= 15 is 0 Å². The molecule has 1 heterocycles. The Kier molecular flexibility index (Phi) is 4.50. The minimum atomic E-state index is -4.51. The number of halogens is 3. The lowest BCUT2D eigenvalue weighted by molar-refractivity contribution is -0.208. The number of nitrogens with one attached hydrogen (secondary N) is 1. The second kappa shape index (κ2) is 5.75. The fourth-order valence-corrected chi connectivity index (χ4v) is 2.46. The predicted molar refractivity (Wildman–Crippen MR) is 62.3 cm³/mol.